The minimum absolute atomic E-state index is 0.0302. The molecular weight excluding hydrogens is 636 g/mol. The number of aryl methyl sites for hydroxylation is 1. The van der Waals surface area contributed by atoms with Crippen LogP contribution in [0.4, 0.5) is 4.79 Å². The first-order chi connectivity index (χ1) is 23.3. The standard InChI is InChI=1S/C34H38N6O9/c1-19-16-40(32(44)37-30(19)42)28-15-26(38-39-35)27(48-28)18-46-29(41)14-13-25(31(43)49-34(2,3)4)36-33(45)47-17-24-22-11-7-5-9-20(22)21-10-6-8-12-23(21)24/h5-12,16,24-28H,13-15,17-18H2,1-4H3,(H,36,45)(H,37,42,44)/t25-,26-,27+,28+/m0/s1. The zero-order valence-corrected chi connectivity index (χ0v) is 27.6. The number of benzene rings is 2. The van der Waals surface area contributed by atoms with Gasteiger partial charge in [0.25, 0.3) is 5.56 Å². The van der Waals surface area contributed by atoms with Crippen molar-refractivity contribution in [2.24, 2.45) is 5.11 Å². The second-order valence-electron chi connectivity index (χ2n) is 12.9. The molecule has 2 aliphatic rings. The number of carbonyl (C=O) groups excluding carboxylic acids is 3. The van der Waals surface area contributed by atoms with Gasteiger partial charge in [-0.3, -0.25) is 19.1 Å². The highest BCUT2D eigenvalue weighted by Crippen LogP contribution is 2.44. The number of aromatic amines is 1. The number of nitrogens with one attached hydrogen (secondary N) is 2. The number of alkyl carbamates (subject to hydrolysis) is 1. The fourth-order valence-corrected chi connectivity index (χ4v) is 5.94. The van der Waals surface area contributed by atoms with Gasteiger partial charge in [-0.2, -0.15) is 0 Å². The van der Waals surface area contributed by atoms with Crippen LogP contribution in [-0.2, 0) is 28.5 Å². The molecule has 15 nitrogen and oxygen atoms in total. The van der Waals surface area contributed by atoms with Crippen LogP contribution in [0.15, 0.2) is 69.4 Å². The number of aromatic nitrogens is 2. The molecule has 4 atom stereocenters. The molecule has 1 aromatic heterocycles. The van der Waals surface area contributed by atoms with Gasteiger partial charge in [0, 0.05) is 35.4 Å². The van der Waals surface area contributed by atoms with E-state index in [0.717, 1.165) is 22.3 Å². The number of amides is 1. The van der Waals surface area contributed by atoms with Crippen molar-refractivity contribution in [3.8, 4) is 11.1 Å². The molecule has 0 saturated carbocycles. The lowest BCUT2D eigenvalue weighted by molar-refractivity contribution is -0.158. The van der Waals surface area contributed by atoms with E-state index in [1.54, 1.807) is 20.8 Å². The summed E-state index contributed by atoms with van der Waals surface area (Å²) < 4.78 is 23.5. The molecule has 2 aromatic carbocycles. The Morgan fingerprint density at radius 3 is 2.35 bits per heavy atom. The Morgan fingerprint density at radius 1 is 1.06 bits per heavy atom. The number of rotatable bonds is 11. The fourth-order valence-electron chi connectivity index (χ4n) is 5.94. The minimum Gasteiger partial charge on any atom is -0.463 e. The van der Waals surface area contributed by atoms with Gasteiger partial charge in [0.15, 0.2) is 0 Å². The third-order valence-corrected chi connectivity index (χ3v) is 8.23. The minimum atomic E-state index is -1.22. The van der Waals surface area contributed by atoms with Crippen molar-refractivity contribution in [3.05, 3.63) is 103 Å². The summed E-state index contributed by atoms with van der Waals surface area (Å²) in [7, 11) is 0. The smallest absolute Gasteiger partial charge is 0.407 e. The Hall–Kier alpha value is -5.40. The van der Waals surface area contributed by atoms with Gasteiger partial charge < -0.3 is 24.3 Å². The van der Waals surface area contributed by atoms with E-state index in [2.05, 4.69) is 20.3 Å². The molecule has 1 aliphatic heterocycles. The third kappa shape index (κ3) is 8.37. The number of ether oxygens (including phenoxy) is 4. The number of nitrogens with zero attached hydrogens (tertiary/aromatic N) is 4. The number of hydrogen-bond acceptors (Lipinski definition) is 10. The van der Waals surface area contributed by atoms with Crippen LogP contribution in [-0.4, -0.2) is 64.6 Å². The van der Waals surface area contributed by atoms with Gasteiger partial charge in [-0.15, -0.1) is 0 Å². The van der Waals surface area contributed by atoms with Gasteiger partial charge >= 0.3 is 23.7 Å². The number of esters is 2. The van der Waals surface area contributed by atoms with Crippen molar-refractivity contribution in [1.82, 2.24) is 14.9 Å². The topological polar surface area (TPSA) is 204 Å². The first kappa shape index (κ1) is 34.9. The third-order valence-electron chi connectivity index (χ3n) is 8.23. The van der Waals surface area contributed by atoms with Crippen molar-refractivity contribution in [1.29, 1.82) is 0 Å². The van der Waals surface area contributed by atoms with E-state index in [1.165, 1.54) is 17.7 Å². The highest BCUT2D eigenvalue weighted by molar-refractivity contribution is 5.83. The first-order valence-corrected chi connectivity index (χ1v) is 15.9. The predicted octanol–water partition coefficient (Wildman–Crippen LogP) is 4.38. The normalized spacial score (nSPS) is 18.8. The average Bonchev–Trinajstić information content (AvgIpc) is 3.60. The quantitative estimate of drug-likeness (QED) is 0.0972. The molecule has 49 heavy (non-hydrogen) atoms. The van der Waals surface area contributed by atoms with Crippen LogP contribution in [0.2, 0.25) is 0 Å². The molecule has 0 spiro atoms. The number of carbonyl (C=O) groups is 3. The maximum atomic E-state index is 13.1. The molecule has 0 unspecified atom stereocenters. The van der Waals surface area contributed by atoms with E-state index in [1.807, 2.05) is 48.5 Å². The molecule has 1 aliphatic carbocycles. The monoisotopic (exact) mass is 674 g/mol. The fraction of sp³-hybridized carbons (Fsp3) is 0.441. The zero-order valence-electron chi connectivity index (χ0n) is 27.6. The van der Waals surface area contributed by atoms with E-state index in [4.69, 9.17) is 24.5 Å². The van der Waals surface area contributed by atoms with Gasteiger partial charge in [0.1, 0.15) is 37.2 Å². The Balaban J connectivity index is 1.18. The molecule has 5 rings (SSSR count). The molecular formula is C34H38N6O9. The number of hydrogen-bond donors (Lipinski definition) is 2. The van der Waals surface area contributed by atoms with Crippen LogP contribution in [0.5, 0.6) is 0 Å². The van der Waals surface area contributed by atoms with Crippen LogP contribution in [0.3, 0.4) is 0 Å². The molecule has 3 aromatic rings. The largest absolute Gasteiger partial charge is 0.463 e. The summed E-state index contributed by atoms with van der Waals surface area (Å²) in [5.41, 5.74) is 11.4. The number of fused-ring (bicyclic) bond motifs is 3. The molecule has 2 heterocycles. The second-order valence-corrected chi connectivity index (χ2v) is 12.9. The summed E-state index contributed by atoms with van der Waals surface area (Å²) >= 11 is 0. The van der Waals surface area contributed by atoms with Crippen molar-refractivity contribution in [3.63, 3.8) is 0 Å². The number of azide groups is 1. The van der Waals surface area contributed by atoms with Crippen molar-refractivity contribution in [2.75, 3.05) is 13.2 Å². The predicted molar refractivity (Wildman–Crippen MR) is 176 cm³/mol. The summed E-state index contributed by atoms with van der Waals surface area (Å²) in [6.45, 7) is 6.29. The number of H-pyrrole nitrogens is 1. The van der Waals surface area contributed by atoms with E-state index in [-0.39, 0.29) is 44.0 Å². The Kier molecular flexibility index (Phi) is 10.5. The van der Waals surface area contributed by atoms with Gasteiger partial charge in [0.05, 0.1) is 6.04 Å². The van der Waals surface area contributed by atoms with Gasteiger partial charge in [-0.25, -0.2) is 14.4 Å². The molecule has 0 radical (unpaired) electrons. The lowest BCUT2D eigenvalue weighted by Crippen LogP contribution is -2.45. The van der Waals surface area contributed by atoms with Gasteiger partial charge in [-0.05, 0) is 61.9 Å². The van der Waals surface area contributed by atoms with Crippen LogP contribution >= 0.6 is 0 Å². The van der Waals surface area contributed by atoms with Crippen LogP contribution in [0, 0.1) is 6.92 Å². The van der Waals surface area contributed by atoms with Crippen LogP contribution in [0.25, 0.3) is 21.6 Å². The molecule has 15 heteroatoms. The molecule has 0 bridgehead atoms. The second kappa shape index (κ2) is 14.8. The van der Waals surface area contributed by atoms with E-state index < -0.39 is 59.3 Å². The van der Waals surface area contributed by atoms with Crippen LogP contribution in [0.1, 0.15) is 68.9 Å². The van der Waals surface area contributed by atoms with Crippen LogP contribution < -0.4 is 16.6 Å². The van der Waals surface area contributed by atoms with E-state index >= 15 is 0 Å². The van der Waals surface area contributed by atoms with Gasteiger partial charge in [-0.1, -0.05) is 53.6 Å². The lowest BCUT2D eigenvalue weighted by atomic mass is 9.98. The summed E-state index contributed by atoms with van der Waals surface area (Å²) in [6.07, 6.45) is -1.60. The first-order valence-electron chi connectivity index (χ1n) is 15.9. The molecule has 1 saturated heterocycles. The Labute approximate surface area is 281 Å². The van der Waals surface area contributed by atoms with Crippen molar-refractivity contribution in [2.45, 2.75) is 82.9 Å². The lowest BCUT2D eigenvalue weighted by Gasteiger charge is -2.24. The summed E-state index contributed by atoms with van der Waals surface area (Å²) in [4.78, 5) is 68.0. The van der Waals surface area contributed by atoms with Crippen molar-refractivity contribution < 1.29 is 33.3 Å². The maximum Gasteiger partial charge on any atom is 0.407 e. The van der Waals surface area contributed by atoms with E-state index in [0.29, 0.717) is 0 Å². The highest BCUT2D eigenvalue weighted by atomic mass is 16.6. The van der Waals surface area contributed by atoms with Gasteiger partial charge in [0.2, 0.25) is 0 Å². The summed E-state index contributed by atoms with van der Waals surface area (Å²) in [5.74, 6) is -1.65. The molecule has 1 fully saturated rings. The molecule has 1 amide bonds. The maximum absolute atomic E-state index is 13.1. The summed E-state index contributed by atoms with van der Waals surface area (Å²) in [5, 5.41) is 6.26. The van der Waals surface area contributed by atoms with Crippen molar-refractivity contribution >= 4 is 18.0 Å². The molecule has 258 valence electrons. The van der Waals surface area contributed by atoms with E-state index in [9.17, 15) is 24.0 Å². The Bertz CT molecular complexity index is 1850. The summed E-state index contributed by atoms with van der Waals surface area (Å²) in [6, 6.07) is 13.8. The Morgan fingerprint density at radius 2 is 1.71 bits per heavy atom. The SMILES string of the molecule is Cc1cn([C@H]2C[C@H](N=[N+]=[N-])[C@@H](COC(=O)CC[C@H](NC(=O)OCC3c4ccccc4-c4ccccc43)C(=O)OC(C)(C)C)O2)c(=O)[nH]c1=O. The zero-order chi connectivity index (χ0) is 35.3. The average molecular weight is 675 g/mol. The molecule has 2 N–H and O–H groups in total. The highest BCUT2D eigenvalue weighted by Gasteiger charge is 2.37.